The molecule has 1 aromatic heterocycles. The molecule has 1 nitrogen and oxygen atoms in total. The molecule has 0 aliphatic carbocycles. The van der Waals surface area contributed by atoms with E-state index in [1.807, 2.05) is 48.5 Å². The summed E-state index contributed by atoms with van der Waals surface area (Å²) in [5, 5.41) is 2.02. The molecule has 144 valence electrons. The van der Waals surface area contributed by atoms with Crippen molar-refractivity contribution in [3.63, 3.8) is 0 Å². The summed E-state index contributed by atoms with van der Waals surface area (Å²) in [6, 6.07) is 30.8. The Bertz CT molecular complexity index is 1330. The van der Waals surface area contributed by atoms with Gasteiger partial charge in [-0.2, -0.15) is 0 Å². The van der Waals surface area contributed by atoms with Gasteiger partial charge in [-0.1, -0.05) is 66.7 Å². The van der Waals surface area contributed by atoms with Crippen LogP contribution < -0.4 is 0 Å². The smallest absolute Gasteiger partial charge is 0.123 e. The van der Waals surface area contributed by atoms with Crippen LogP contribution in [0.1, 0.15) is 0 Å². The molecule has 0 unspecified atom stereocenters. The predicted octanol–water partition coefficient (Wildman–Crippen LogP) is 7.51. The normalized spacial score (nSPS) is 11.0. The molecular formula is C27H17F2N. The van der Waals surface area contributed by atoms with Crippen LogP contribution in [0.15, 0.2) is 103 Å². The first-order valence-corrected chi connectivity index (χ1v) is 9.71. The number of halogens is 2. The van der Waals surface area contributed by atoms with Crippen LogP contribution in [-0.2, 0) is 0 Å². The Morgan fingerprint density at radius 2 is 0.933 bits per heavy atom. The summed E-state index contributed by atoms with van der Waals surface area (Å²) in [5.74, 6) is -0.591. The SMILES string of the molecule is Fc1ccc(-c2nc(-c3ccccc3)c3ccccc3c2-c2ccc(F)cc2)cc1. The van der Waals surface area contributed by atoms with E-state index in [1.165, 1.54) is 24.3 Å². The van der Waals surface area contributed by atoms with E-state index in [-0.39, 0.29) is 11.6 Å². The molecule has 4 aromatic carbocycles. The van der Waals surface area contributed by atoms with Gasteiger partial charge in [-0.3, -0.25) is 0 Å². The van der Waals surface area contributed by atoms with Crippen molar-refractivity contribution in [2.45, 2.75) is 0 Å². The zero-order valence-corrected chi connectivity index (χ0v) is 16.0. The summed E-state index contributed by atoms with van der Waals surface area (Å²) in [4.78, 5) is 5.05. The molecule has 5 rings (SSSR count). The molecule has 0 fully saturated rings. The Hall–Kier alpha value is -3.85. The molecule has 0 bridgehead atoms. The van der Waals surface area contributed by atoms with Gasteiger partial charge in [0.05, 0.1) is 11.4 Å². The Kier molecular flexibility index (Phi) is 4.56. The van der Waals surface area contributed by atoms with E-state index in [1.54, 1.807) is 24.3 Å². The maximum Gasteiger partial charge on any atom is 0.123 e. The van der Waals surface area contributed by atoms with Crippen LogP contribution >= 0.6 is 0 Å². The first-order chi connectivity index (χ1) is 14.7. The summed E-state index contributed by atoms with van der Waals surface area (Å²) in [5.41, 5.74) is 5.16. The number of benzene rings is 4. The van der Waals surface area contributed by atoms with Gasteiger partial charge in [0.2, 0.25) is 0 Å². The summed E-state index contributed by atoms with van der Waals surface area (Å²) < 4.78 is 27.2. The highest BCUT2D eigenvalue weighted by Crippen LogP contribution is 2.40. The lowest BCUT2D eigenvalue weighted by atomic mass is 9.91. The van der Waals surface area contributed by atoms with Gasteiger partial charge in [-0.15, -0.1) is 0 Å². The second-order valence-corrected chi connectivity index (χ2v) is 7.11. The van der Waals surface area contributed by atoms with Crippen LogP contribution in [0.2, 0.25) is 0 Å². The minimum Gasteiger partial charge on any atom is -0.246 e. The predicted molar refractivity (Wildman–Crippen MR) is 118 cm³/mol. The van der Waals surface area contributed by atoms with Crippen molar-refractivity contribution >= 4 is 10.8 Å². The molecule has 0 spiro atoms. The van der Waals surface area contributed by atoms with Gasteiger partial charge in [0, 0.05) is 22.1 Å². The van der Waals surface area contributed by atoms with E-state index in [9.17, 15) is 8.78 Å². The Balaban J connectivity index is 1.90. The molecule has 5 aromatic rings. The molecule has 3 heteroatoms. The fraction of sp³-hybridized carbons (Fsp3) is 0. The quantitative estimate of drug-likeness (QED) is 0.309. The second kappa shape index (κ2) is 7.53. The average Bonchev–Trinajstić information content (AvgIpc) is 2.80. The van der Waals surface area contributed by atoms with Gasteiger partial charge >= 0.3 is 0 Å². The highest BCUT2D eigenvalue weighted by molar-refractivity contribution is 6.08. The van der Waals surface area contributed by atoms with Crippen molar-refractivity contribution in [3.05, 3.63) is 115 Å². The molecular weight excluding hydrogens is 376 g/mol. The Labute approximate surface area is 173 Å². The topological polar surface area (TPSA) is 12.9 Å². The summed E-state index contributed by atoms with van der Waals surface area (Å²) >= 11 is 0. The van der Waals surface area contributed by atoms with Crippen LogP contribution in [0.5, 0.6) is 0 Å². The zero-order valence-electron chi connectivity index (χ0n) is 16.0. The number of fused-ring (bicyclic) bond motifs is 1. The third-order valence-corrected chi connectivity index (χ3v) is 5.21. The van der Waals surface area contributed by atoms with Gasteiger partial charge in [-0.05, 0) is 47.3 Å². The number of hydrogen-bond acceptors (Lipinski definition) is 1. The molecule has 0 amide bonds. The van der Waals surface area contributed by atoms with Crippen LogP contribution in [0.4, 0.5) is 8.78 Å². The van der Waals surface area contributed by atoms with Gasteiger partial charge < -0.3 is 0 Å². The number of hydrogen-bond donors (Lipinski definition) is 0. The fourth-order valence-electron chi connectivity index (χ4n) is 3.80. The van der Waals surface area contributed by atoms with Crippen molar-refractivity contribution in [2.75, 3.05) is 0 Å². The van der Waals surface area contributed by atoms with Crippen molar-refractivity contribution in [2.24, 2.45) is 0 Å². The molecule has 0 saturated heterocycles. The minimum atomic E-state index is -0.300. The van der Waals surface area contributed by atoms with Gasteiger partial charge in [-0.25, -0.2) is 13.8 Å². The summed E-state index contributed by atoms with van der Waals surface area (Å²) in [6.45, 7) is 0. The zero-order chi connectivity index (χ0) is 20.5. The van der Waals surface area contributed by atoms with Crippen molar-refractivity contribution < 1.29 is 8.78 Å². The third-order valence-electron chi connectivity index (χ3n) is 5.21. The van der Waals surface area contributed by atoms with Crippen molar-refractivity contribution in [1.82, 2.24) is 4.98 Å². The first kappa shape index (κ1) is 18.2. The van der Waals surface area contributed by atoms with E-state index in [0.29, 0.717) is 0 Å². The van der Waals surface area contributed by atoms with E-state index in [4.69, 9.17) is 4.98 Å². The Morgan fingerprint density at radius 1 is 0.433 bits per heavy atom. The molecule has 30 heavy (non-hydrogen) atoms. The van der Waals surface area contributed by atoms with E-state index in [2.05, 4.69) is 6.07 Å². The van der Waals surface area contributed by atoms with E-state index in [0.717, 1.165) is 44.4 Å². The van der Waals surface area contributed by atoms with Gasteiger partial charge in [0.25, 0.3) is 0 Å². The monoisotopic (exact) mass is 393 g/mol. The lowest BCUT2D eigenvalue weighted by Gasteiger charge is -2.17. The highest BCUT2D eigenvalue weighted by atomic mass is 19.1. The molecule has 0 atom stereocenters. The maximum absolute atomic E-state index is 13.6. The number of rotatable bonds is 3. The van der Waals surface area contributed by atoms with Gasteiger partial charge in [0.15, 0.2) is 0 Å². The number of pyridine rings is 1. The third kappa shape index (κ3) is 3.25. The molecule has 0 aliphatic rings. The summed E-state index contributed by atoms with van der Waals surface area (Å²) in [6.07, 6.45) is 0. The van der Waals surface area contributed by atoms with Crippen molar-refractivity contribution in [3.8, 4) is 33.6 Å². The highest BCUT2D eigenvalue weighted by Gasteiger charge is 2.18. The number of nitrogens with zero attached hydrogens (tertiary/aromatic N) is 1. The van der Waals surface area contributed by atoms with Crippen molar-refractivity contribution in [1.29, 1.82) is 0 Å². The lowest BCUT2D eigenvalue weighted by molar-refractivity contribution is 0.627. The summed E-state index contributed by atoms with van der Waals surface area (Å²) in [7, 11) is 0. The number of aromatic nitrogens is 1. The van der Waals surface area contributed by atoms with Crippen LogP contribution in [0.25, 0.3) is 44.4 Å². The minimum absolute atomic E-state index is 0.291. The second-order valence-electron chi connectivity index (χ2n) is 7.11. The average molecular weight is 393 g/mol. The standard InChI is InChI=1S/C27H17F2N/c28-21-14-10-18(11-15-21)25-23-8-4-5-9-24(23)26(19-6-2-1-3-7-19)30-27(25)20-12-16-22(29)17-13-20/h1-17H. The maximum atomic E-state index is 13.6. The van der Waals surface area contributed by atoms with E-state index >= 15 is 0 Å². The van der Waals surface area contributed by atoms with Gasteiger partial charge in [0.1, 0.15) is 11.6 Å². The Morgan fingerprint density at radius 3 is 1.57 bits per heavy atom. The van der Waals surface area contributed by atoms with Crippen LogP contribution in [0, 0.1) is 11.6 Å². The largest absolute Gasteiger partial charge is 0.246 e. The van der Waals surface area contributed by atoms with E-state index < -0.39 is 0 Å². The lowest BCUT2D eigenvalue weighted by Crippen LogP contribution is -1.96. The first-order valence-electron chi connectivity index (χ1n) is 9.71. The fourth-order valence-corrected chi connectivity index (χ4v) is 3.80. The molecule has 0 radical (unpaired) electrons. The van der Waals surface area contributed by atoms with Crippen LogP contribution in [-0.4, -0.2) is 4.98 Å². The molecule has 0 N–H and O–H groups in total. The molecule has 0 saturated carbocycles. The van der Waals surface area contributed by atoms with Crippen LogP contribution in [0.3, 0.4) is 0 Å². The molecule has 0 aliphatic heterocycles. The molecule has 1 heterocycles.